The van der Waals surface area contributed by atoms with Crippen molar-refractivity contribution in [3.63, 3.8) is 0 Å². The summed E-state index contributed by atoms with van der Waals surface area (Å²) in [7, 11) is 1.71. The number of rotatable bonds is 5. The number of carbonyl (C=O) groups is 1. The zero-order valence-corrected chi connectivity index (χ0v) is 15.5. The molecule has 0 aliphatic carbocycles. The second-order valence-corrected chi connectivity index (χ2v) is 6.96. The second kappa shape index (κ2) is 7.88. The summed E-state index contributed by atoms with van der Waals surface area (Å²) < 4.78 is 6.98. The van der Waals surface area contributed by atoms with Crippen molar-refractivity contribution in [1.29, 1.82) is 0 Å². The van der Waals surface area contributed by atoms with Gasteiger partial charge < -0.3 is 9.64 Å². The molecule has 27 heavy (non-hydrogen) atoms. The molecule has 2 aromatic heterocycles. The van der Waals surface area contributed by atoms with Crippen LogP contribution in [0.25, 0.3) is 16.8 Å². The minimum atomic E-state index is 0.0992. The smallest absolute Gasteiger partial charge is 0.254 e. The number of hydrogen-bond acceptors (Lipinski definition) is 4. The Morgan fingerprint density at radius 3 is 3.11 bits per heavy atom. The molecule has 0 unspecified atom stereocenters. The average molecular weight is 364 g/mol. The number of fused-ring (bicyclic) bond motifs is 1. The summed E-state index contributed by atoms with van der Waals surface area (Å²) in [6, 6.07) is 9.89. The van der Waals surface area contributed by atoms with Gasteiger partial charge in [-0.05, 0) is 49.4 Å². The summed E-state index contributed by atoms with van der Waals surface area (Å²) in [5.74, 6) is 0.0992. The predicted molar refractivity (Wildman–Crippen MR) is 104 cm³/mol. The Bertz CT molecular complexity index is 937. The van der Waals surface area contributed by atoms with Crippen LogP contribution in [0, 0.1) is 0 Å². The highest BCUT2D eigenvalue weighted by molar-refractivity contribution is 5.96. The maximum absolute atomic E-state index is 13.2. The zero-order chi connectivity index (χ0) is 18.6. The maximum Gasteiger partial charge on any atom is 0.254 e. The Kier molecular flexibility index (Phi) is 5.16. The number of methoxy groups -OCH3 is 1. The fourth-order valence-electron chi connectivity index (χ4n) is 3.84. The lowest BCUT2D eigenvalue weighted by atomic mass is 9.97. The minimum Gasteiger partial charge on any atom is -0.385 e. The number of aromatic nitrogens is 3. The lowest BCUT2D eigenvalue weighted by molar-refractivity contribution is 0.0553. The van der Waals surface area contributed by atoms with Gasteiger partial charge in [0.05, 0.1) is 6.20 Å². The van der Waals surface area contributed by atoms with E-state index < -0.39 is 0 Å². The SMILES string of the molecule is COCC[C@H]1CCCCN1C(=O)c1cccc(-c2cnn3cccnc23)c1. The first-order valence-electron chi connectivity index (χ1n) is 9.46. The Morgan fingerprint density at radius 1 is 1.30 bits per heavy atom. The molecule has 3 aromatic rings. The molecular formula is C21H24N4O2. The lowest BCUT2D eigenvalue weighted by Crippen LogP contribution is -2.44. The lowest BCUT2D eigenvalue weighted by Gasteiger charge is -2.36. The monoisotopic (exact) mass is 364 g/mol. The highest BCUT2D eigenvalue weighted by Gasteiger charge is 2.27. The molecule has 3 heterocycles. The van der Waals surface area contributed by atoms with Gasteiger partial charge in [0.25, 0.3) is 5.91 Å². The van der Waals surface area contributed by atoms with Crippen molar-refractivity contribution in [1.82, 2.24) is 19.5 Å². The molecule has 0 N–H and O–H groups in total. The van der Waals surface area contributed by atoms with Crippen LogP contribution >= 0.6 is 0 Å². The van der Waals surface area contributed by atoms with Crippen LogP contribution in [0.1, 0.15) is 36.0 Å². The summed E-state index contributed by atoms with van der Waals surface area (Å²) in [6.07, 6.45) is 9.60. The minimum absolute atomic E-state index is 0.0992. The first-order chi connectivity index (χ1) is 13.3. The van der Waals surface area contributed by atoms with Gasteiger partial charge in [0.1, 0.15) is 0 Å². The van der Waals surface area contributed by atoms with Crippen LogP contribution in [0.2, 0.25) is 0 Å². The summed E-state index contributed by atoms with van der Waals surface area (Å²) in [6.45, 7) is 1.50. The van der Waals surface area contributed by atoms with E-state index in [0.717, 1.165) is 42.6 Å². The number of piperidine rings is 1. The molecule has 1 aromatic carbocycles. The third-order valence-corrected chi connectivity index (χ3v) is 5.24. The number of nitrogens with zero attached hydrogens (tertiary/aromatic N) is 4. The number of hydrogen-bond donors (Lipinski definition) is 0. The average Bonchev–Trinajstić information content (AvgIpc) is 3.16. The molecule has 1 saturated heterocycles. The molecule has 1 aliphatic heterocycles. The second-order valence-electron chi connectivity index (χ2n) is 6.96. The van der Waals surface area contributed by atoms with E-state index in [4.69, 9.17) is 4.74 Å². The van der Waals surface area contributed by atoms with Crippen LogP contribution in [0.4, 0.5) is 0 Å². The molecule has 0 spiro atoms. The molecule has 6 heteroatoms. The van der Waals surface area contributed by atoms with Gasteiger partial charge in [-0.2, -0.15) is 5.10 Å². The fraction of sp³-hybridized carbons (Fsp3) is 0.381. The van der Waals surface area contributed by atoms with E-state index in [2.05, 4.69) is 10.1 Å². The molecule has 1 fully saturated rings. The Hall–Kier alpha value is -2.73. The maximum atomic E-state index is 13.2. The summed E-state index contributed by atoms with van der Waals surface area (Å²) in [5, 5.41) is 4.35. The fourth-order valence-corrected chi connectivity index (χ4v) is 3.84. The molecule has 0 radical (unpaired) electrons. The van der Waals surface area contributed by atoms with Gasteiger partial charge >= 0.3 is 0 Å². The van der Waals surface area contributed by atoms with Crippen molar-refractivity contribution in [3.05, 3.63) is 54.5 Å². The van der Waals surface area contributed by atoms with E-state index in [0.29, 0.717) is 12.2 Å². The molecular weight excluding hydrogens is 340 g/mol. The van der Waals surface area contributed by atoms with Crippen molar-refractivity contribution >= 4 is 11.6 Å². The largest absolute Gasteiger partial charge is 0.385 e. The van der Waals surface area contributed by atoms with Gasteiger partial charge in [0.15, 0.2) is 5.65 Å². The number of benzene rings is 1. The summed E-state index contributed by atoms with van der Waals surface area (Å²) in [5.41, 5.74) is 3.39. The third-order valence-electron chi connectivity index (χ3n) is 5.24. The van der Waals surface area contributed by atoms with Crippen molar-refractivity contribution in [2.24, 2.45) is 0 Å². The molecule has 1 atom stereocenters. The zero-order valence-electron chi connectivity index (χ0n) is 15.5. The predicted octanol–water partition coefficient (Wildman–Crippen LogP) is 3.43. The van der Waals surface area contributed by atoms with E-state index in [-0.39, 0.29) is 11.9 Å². The molecule has 1 amide bonds. The topological polar surface area (TPSA) is 59.7 Å². The van der Waals surface area contributed by atoms with Crippen LogP contribution < -0.4 is 0 Å². The van der Waals surface area contributed by atoms with E-state index in [1.165, 1.54) is 6.42 Å². The normalized spacial score (nSPS) is 17.4. The van der Waals surface area contributed by atoms with Crippen LogP contribution in [-0.4, -0.2) is 51.7 Å². The highest BCUT2D eigenvalue weighted by atomic mass is 16.5. The summed E-state index contributed by atoms with van der Waals surface area (Å²) in [4.78, 5) is 19.7. The van der Waals surface area contributed by atoms with Crippen molar-refractivity contribution < 1.29 is 9.53 Å². The Balaban J connectivity index is 1.62. The van der Waals surface area contributed by atoms with Crippen LogP contribution in [0.5, 0.6) is 0 Å². The molecule has 0 saturated carbocycles. The summed E-state index contributed by atoms with van der Waals surface area (Å²) >= 11 is 0. The number of likely N-dealkylation sites (tertiary alicyclic amines) is 1. The van der Waals surface area contributed by atoms with E-state index >= 15 is 0 Å². The van der Waals surface area contributed by atoms with Gasteiger partial charge in [-0.3, -0.25) is 4.79 Å². The van der Waals surface area contributed by atoms with Gasteiger partial charge in [0.2, 0.25) is 0 Å². The van der Waals surface area contributed by atoms with Crippen molar-refractivity contribution in [2.45, 2.75) is 31.7 Å². The first-order valence-corrected chi connectivity index (χ1v) is 9.46. The van der Waals surface area contributed by atoms with Crippen LogP contribution in [-0.2, 0) is 4.74 Å². The number of carbonyl (C=O) groups excluding carboxylic acids is 1. The number of amides is 1. The van der Waals surface area contributed by atoms with Gasteiger partial charge in [-0.15, -0.1) is 0 Å². The molecule has 4 rings (SSSR count). The molecule has 6 nitrogen and oxygen atoms in total. The van der Waals surface area contributed by atoms with Gasteiger partial charge in [-0.1, -0.05) is 12.1 Å². The van der Waals surface area contributed by atoms with Crippen molar-refractivity contribution in [2.75, 3.05) is 20.3 Å². The Labute approximate surface area is 158 Å². The van der Waals surface area contributed by atoms with Crippen LogP contribution in [0.15, 0.2) is 48.9 Å². The molecule has 0 bridgehead atoms. The van der Waals surface area contributed by atoms with Crippen LogP contribution in [0.3, 0.4) is 0 Å². The van der Waals surface area contributed by atoms with Crippen molar-refractivity contribution in [3.8, 4) is 11.1 Å². The quantitative estimate of drug-likeness (QED) is 0.696. The Morgan fingerprint density at radius 2 is 2.22 bits per heavy atom. The van der Waals surface area contributed by atoms with Gasteiger partial charge in [-0.25, -0.2) is 9.50 Å². The molecule has 1 aliphatic rings. The number of ether oxygens (including phenoxy) is 1. The van der Waals surface area contributed by atoms with E-state index in [1.54, 1.807) is 24.0 Å². The van der Waals surface area contributed by atoms with Gasteiger partial charge in [0, 0.05) is 49.8 Å². The van der Waals surface area contributed by atoms with E-state index in [1.807, 2.05) is 41.4 Å². The van der Waals surface area contributed by atoms with E-state index in [9.17, 15) is 4.79 Å². The third kappa shape index (κ3) is 3.57. The highest BCUT2D eigenvalue weighted by Crippen LogP contribution is 2.26. The molecule has 140 valence electrons. The first kappa shape index (κ1) is 17.7. The standard InChI is InChI=1S/C21H24N4O2/c1-27-13-9-18-8-2-3-11-24(18)21(26)17-7-4-6-16(14-17)19-15-23-25-12-5-10-22-20(19)25/h4-7,10,12,14-15,18H,2-3,8-9,11,13H2,1H3/t18-/m1/s1.